The van der Waals surface area contributed by atoms with E-state index in [1.54, 1.807) is 61.5 Å². The lowest BCUT2D eigenvalue weighted by atomic mass is 10.0. The van der Waals surface area contributed by atoms with Gasteiger partial charge in [0.2, 0.25) is 5.91 Å². The van der Waals surface area contributed by atoms with Crippen molar-refractivity contribution in [1.29, 1.82) is 0 Å². The number of nitrogens with one attached hydrogen (secondary N) is 2. The molecule has 198 valence electrons. The molecule has 1 aliphatic heterocycles. The summed E-state index contributed by atoms with van der Waals surface area (Å²) in [4.78, 5) is 40.8. The van der Waals surface area contributed by atoms with Crippen LogP contribution in [0, 0.1) is 12.7 Å². The largest absolute Gasteiger partial charge is 0.491 e. The van der Waals surface area contributed by atoms with Crippen LogP contribution in [0.1, 0.15) is 29.7 Å². The van der Waals surface area contributed by atoms with E-state index in [0.717, 1.165) is 10.5 Å². The Morgan fingerprint density at radius 1 is 1.05 bits per heavy atom. The van der Waals surface area contributed by atoms with Gasteiger partial charge < -0.3 is 20.1 Å². The summed E-state index contributed by atoms with van der Waals surface area (Å²) in [6.07, 6.45) is 0.0681. The fourth-order valence-corrected chi connectivity index (χ4v) is 4.21. The van der Waals surface area contributed by atoms with E-state index in [4.69, 9.17) is 9.47 Å². The van der Waals surface area contributed by atoms with Crippen LogP contribution in [0.5, 0.6) is 5.75 Å². The second kappa shape index (κ2) is 12.3. The Balaban J connectivity index is 1.54. The van der Waals surface area contributed by atoms with E-state index in [1.807, 2.05) is 13.0 Å². The first-order chi connectivity index (χ1) is 18.4. The molecule has 9 heteroatoms. The molecule has 0 saturated carbocycles. The lowest BCUT2D eigenvalue weighted by Gasteiger charge is -2.25. The minimum atomic E-state index is -1.20. The van der Waals surface area contributed by atoms with Crippen LogP contribution in [-0.4, -0.2) is 48.6 Å². The van der Waals surface area contributed by atoms with Crippen LogP contribution in [-0.2, 0) is 20.7 Å². The number of hydrogen-bond donors (Lipinski definition) is 2. The third-order valence-corrected chi connectivity index (χ3v) is 6.15. The van der Waals surface area contributed by atoms with Gasteiger partial charge in [-0.25, -0.2) is 14.1 Å². The maximum Gasteiger partial charge on any atom is 0.325 e. The fourth-order valence-electron chi connectivity index (χ4n) is 4.21. The molecular formula is C29H30FN3O5. The number of amides is 4. The van der Waals surface area contributed by atoms with Gasteiger partial charge in [-0.1, -0.05) is 48.5 Å². The number of aryl methyl sites for hydroxylation is 1. The maximum absolute atomic E-state index is 14.5. The molecule has 1 heterocycles. The first-order valence-electron chi connectivity index (χ1n) is 12.4. The Morgan fingerprint density at radius 2 is 1.79 bits per heavy atom. The molecular weight excluding hydrogens is 489 g/mol. The molecule has 4 amide bonds. The summed E-state index contributed by atoms with van der Waals surface area (Å²) in [5, 5.41) is 5.23. The van der Waals surface area contributed by atoms with E-state index >= 15 is 0 Å². The van der Waals surface area contributed by atoms with Gasteiger partial charge in [-0.15, -0.1) is 0 Å². The molecule has 1 aliphatic rings. The minimum absolute atomic E-state index is 0.0257. The van der Waals surface area contributed by atoms with E-state index in [2.05, 4.69) is 10.6 Å². The van der Waals surface area contributed by atoms with Crippen LogP contribution in [0.25, 0.3) is 0 Å². The summed E-state index contributed by atoms with van der Waals surface area (Å²) in [6, 6.07) is 17.4. The summed E-state index contributed by atoms with van der Waals surface area (Å²) in [6.45, 7) is 5.09. The lowest BCUT2D eigenvalue weighted by Crippen LogP contribution is -2.49. The number of nitrogens with zero attached hydrogens (tertiary/aromatic N) is 1. The van der Waals surface area contributed by atoms with Crippen molar-refractivity contribution in [3.05, 3.63) is 95.3 Å². The SMILES string of the molecule is CCOCCOc1ccc([C@H]2NC(=O)N(C(Cc3ccccc3)C(=O)Nc3ccc(C)cc3F)C2=O)cc1. The van der Waals surface area contributed by atoms with Crippen LogP contribution in [0.3, 0.4) is 0 Å². The van der Waals surface area contributed by atoms with Crippen molar-refractivity contribution >= 4 is 23.5 Å². The average molecular weight is 520 g/mol. The highest BCUT2D eigenvalue weighted by Gasteiger charge is 2.45. The first kappa shape index (κ1) is 26.8. The van der Waals surface area contributed by atoms with E-state index in [-0.39, 0.29) is 12.1 Å². The number of halogens is 1. The molecule has 0 spiro atoms. The zero-order valence-electron chi connectivity index (χ0n) is 21.3. The second-order valence-electron chi connectivity index (χ2n) is 8.88. The normalized spacial score (nSPS) is 15.8. The zero-order valence-corrected chi connectivity index (χ0v) is 21.3. The second-order valence-corrected chi connectivity index (χ2v) is 8.88. The number of hydrogen-bond acceptors (Lipinski definition) is 5. The number of carbonyl (C=O) groups is 3. The summed E-state index contributed by atoms with van der Waals surface area (Å²) in [7, 11) is 0. The van der Waals surface area contributed by atoms with E-state index in [9.17, 15) is 18.8 Å². The summed E-state index contributed by atoms with van der Waals surface area (Å²) in [5.74, 6) is -1.24. The van der Waals surface area contributed by atoms with Gasteiger partial charge in [-0.05, 0) is 54.8 Å². The summed E-state index contributed by atoms with van der Waals surface area (Å²) >= 11 is 0. The summed E-state index contributed by atoms with van der Waals surface area (Å²) < 4.78 is 25.3. The Kier molecular flexibility index (Phi) is 8.70. The maximum atomic E-state index is 14.5. The number of anilines is 1. The van der Waals surface area contributed by atoms with Gasteiger partial charge in [0.25, 0.3) is 5.91 Å². The molecule has 0 aromatic heterocycles. The van der Waals surface area contributed by atoms with Crippen molar-refractivity contribution in [2.75, 3.05) is 25.1 Å². The number of ether oxygens (including phenoxy) is 2. The van der Waals surface area contributed by atoms with Gasteiger partial charge in [0, 0.05) is 13.0 Å². The molecule has 2 atom stereocenters. The molecule has 0 aliphatic carbocycles. The van der Waals surface area contributed by atoms with Gasteiger partial charge in [0.15, 0.2) is 0 Å². The number of urea groups is 1. The average Bonchev–Trinajstić information content (AvgIpc) is 3.21. The minimum Gasteiger partial charge on any atom is -0.491 e. The number of imide groups is 1. The fraction of sp³-hybridized carbons (Fsp3) is 0.276. The highest BCUT2D eigenvalue weighted by Crippen LogP contribution is 2.27. The van der Waals surface area contributed by atoms with Gasteiger partial charge >= 0.3 is 6.03 Å². The van der Waals surface area contributed by atoms with Crippen LogP contribution in [0.15, 0.2) is 72.8 Å². The van der Waals surface area contributed by atoms with Gasteiger partial charge in [-0.2, -0.15) is 0 Å². The number of benzene rings is 3. The molecule has 38 heavy (non-hydrogen) atoms. The smallest absolute Gasteiger partial charge is 0.325 e. The first-order valence-corrected chi connectivity index (χ1v) is 12.4. The van der Waals surface area contributed by atoms with Crippen molar-refractivity contribution in [3.8, 4) is 5.75 Å². The highest BCUT2D eigenvalue weighted by atomic mass is 19.1. The standard InChI is InChI=1S/C29H30FN3O5/c1-3-37-15-16-38-22-12-10-21(11-13-22)26-28(35)33(29(36)32-26)25(18-20-7-5-4-6-8-20)27(34)31-24-14-9-19(2)17-23(24)30/h4-14,17,25-26H,3,15-16,18H2,1-2H3,(H,31,34)(H,32,36)/t25?,26-/m1/s1. The molecule has 1 saturated heterocycles. The predicted molar refractivity (Wildman–Crippen MR) is 140 cm³/mol. The molecule has 1 unspecified atom stereocenters. The number of carbonyl (C=O) groups excluding carboxylic acids is 3. The van der Waals surface area contributed by atoms with E-state index < -0.39 is 35.7 Å². The third-order valence-electron chi connectivity index (χ3n) is 6.15. The van der Waals surface area contributed by atoms with E-state index in [1.165, 1.54) is 12.1 Å². The van der Waals surface area contributed by atoms with Gasteiger partial charge in [-0.3, -0.25) is 9.59 Å². The molecule has 1 fully saturated rings. The lowest BCUT2D eigenvalue weighted by molar-refractivity contribution is -0.134. The molecule has 8 nitrogen and oxygen atoms in total. The van der Waals surface area contributed by atoms with Crippen LogP contribution < -0.4 is 15.4 Å². The molecule has 0 radical (unpaired) electrons. The molecule has 3 aromatic carbocycles. The molecule has 0 bridgehead atoms. The topological polar surface area (TPSA) is 97.0 Å². The van der Waals surface area contributed by atoms with Crippen molar-refractivity contribution < 1.29 is 28.2 Å². The van der Waals surface area contributed by atoms with Gasteiger partial charge in [0.05, 0.1) is 12.3 Å². The Hall–Kier alpha value is -4.24. The Labute approximate surface area is 220 Å². The van der Waals surface area contributed by atoms with Crippen LogP contribution >= 0.6 is 0 Å². The van der Waals surface area contributed by atoms with Gasteiger partial charge in [0.1, 0.15) is 30.3 Å². The Bertz CT molecular complexity index is 1280. The predicted octanol–water partition coefficient (Wildman–Crippen LogP) is 4.39. The third kappa shape index (κ3) is 6.36. The van der Waals surface area contributed by atoms with Crippen molar-refractivity contribution in [1.82, 2.24) is 10.2 Å². The van der Waals surface area contributed by atoms with Crippen molar-refractivity contribution in [3.63, 3.8) is 0 Å². The molecule has 4 rings (SSSR count). The van der Waals surface area contributed by atoms with Crippen molar-refractivity contribution in [2.24, 2.45) is 0 Å². The molecule has 3 aromatic rings. The van der Waals surface area contributed by atoms with E-state index in [0.29, 0.717) is 36.7 Å². The van der Waals surface area contributed by atoms with Crippen LogP contribution in [0.4, 0.5) is 14.9 Å². The van der Waals surface area contributed by atoms with Crippen molar-refractivity contribution in [2.45, 2.75) is 32.4 Å². The zero-order chi connectivity index (χ0) is 27.1. The van der Waals surface area contributed by atoms with Crippen LogP contribution in [0.2, 0.25) is 0 Å². The number of rotatable bonds is 11. The monoisotopic (exact) mass is 519 g/mol. The summed E-state index contributed by atoms with van der Waals surface area (Å²) in [5.41, 5.74) is 1.97. The highest BCUT2D eigenvalue weighted by molar-refractivity contribution is 6.09. The molecule has 2 N–H and O–H groups in total. The quantitative estimate of drug-likeness (QED) is 0.289. The Morgan fingerprint density at radius 3 is 2.47 bits per heavy atom.